The van der Waals surface area contributed by atoms with Gasteiger partial charge in [-0.05, 0) is 31.5 Å². The van der Waals surface area contributed by atoms with E-state index in [1.165, 1.54) is 0 Å². The van der Waals surface area contributed by atoms with E-state index in [1.54, 1.807) is 24.3 Å². The number of ether oxygens (including phenoxy) is 2. The van der Waals surface area contributed by atoms with E-state index in [9.17, 15) is 12.3 Å². The molecule has 0 N–H and O–H groups in total. The van der Waals surface area contributed by atoms with Crippen molar-refractivity contribution in [1.82, 2.24) is 0 Å². The van der Waals surface area contributed by atoms with Crippen molar-refractivity contribution in [2.75, 3.05) is 13.2 Å². The lowest BCUT2D eigenvalue weighted by atomic mass is 9.96. The quantitative estimate of drug-likeness (QED) is 0.788. The Bertz CT molecular complexity index is 518. The highest BCUT2D eigenvalue weighted by atomic mass is 32.3. The lowest BCUT2D eigenvalue weighted by molar-refractivity contribution is -0.0180. The zero-order chi connectivity index (χ0) is 13.4. The molecule has 0 atom stereocenters. The normalized spacial score (nSPS) is 18.4. The van der Waals surface area contributed by atoms with Gasteiger partial charge in [0.25, 0.3) is 0 Å². The molecule has 1 aliphatic rings. The molecule has 18 heavy (non-hydrogen) atoms. The minimum Gasteiger partial charge on any atom is -0.491 e. The maximum absolute atomic E-state index is 13.3. The third-order valence-electron chi connectivity index (χ3n) is 2.89. The lowest BCUT2D eigenvalue weighted by Crippen LogP contribution is -2.51. The molecular weight excluding hydrogens is 259 g/mol. The number of rotatable bonds is 4. The second-order valence-corrected chi connectivity index (χ2v) is 6.27. The zero-order valence-corrected chi connectivity index (χ0v) is 11.0. The molecule has 0 amide bonds. The molecule has 100 valence electrons. The van der Waals surface area contributed by atoms with E-state index < -0.39 is 15.0 Å². The molecule has 0 saturated carbocycles. The van der Waals surface area contributed by atoms with Gasteiger partial charge in [0.2, 0.25) is 0 Å². The average molecular weight is 274 g/mol. The molecule has 1 heterocycles. The van der Waals surface area contributed by atoms with Gasteiger partial charge in [0.05, 0.1) is 19.3 Å². The van der Waals surface area contributed by atoms with E-state index in [2.05, 4.69) is 0 Å². The standard InChI is InChI=1S/C12H15FO4S/c1-9(2)17-11-5-3-10(4-6-11)12(7-16-8-12)18(13,14)15/h3-6,9H,7-8H2,1-2H3. The summed E-state index contributed by atoms with van der Waals surface area (Å²) < 4.78 is 44.6. The van der Waals surface area contributed by atoms with Gasteiger partial charge in [-0.3, -0.25) is 0 Å². The summed E-state index contributed by atoms with van der Waals surface area (Å²) in [5.74, 6) is 0.625. The zero-order valence-electron chi connectivity index (χ0n) is 10.2. The van der Waals surface area contributed by atoms with Crippen LogP contribution in [-0.4, -0.2) is 27.7 Å². The van der Waals surface area contributed by atoms with E-state index >= 15 is 0 Å². The van der Waals surface area contributed by atoms with Crippen molar-refractivity contribution in [2.24, 2.45) is 0 Å². The lowest BCUT2D eigenvalue weighted by Gasteiger charge is -2.37. The monoisotopic (exact) mass is 274 g/mol. The van der Waals surface area contributed by atoms with Crippen LogP contribution in [0.4, 0.5) is 3.89 Å². The van der Waals surface area contributed by atoms with Crippen LogP contribution in [0.1, 0.15) is 19.4 Å². The van der Waals surface area contributed by atoms with Crippen molar-refractivity contribution < 1.29 is 21.8 Å². The summed E-state index contributed by atoms with van der Waals surface area (Å²) in [6.07, 6.45) is 0.0294. The van der Waals surface area contributed by atoms with Gasteiger partial charge in [0, 0.05) is 0 Å². The Hall–Kier alpha value is -1.14. The molecule has 1 saturated heterocycles. The summed E-state index contributed by atoms with van der Waals surface area (Å²) in [4.78, 5) is 0. The molecule has 4 nitrogen and oxygen atoms in total. The van der Waals surface area contributed by atoms with E-state index in [1.807, 2.05) is 13.8 Å². The first-order chi connectivity index (χ1) is 8.35. The van der Waals surface area contributed by atoms with E-state index in [0.29, 0.717) is 11.3 Å². The maximum atomic E-state index is 13.3. The molecule has 0 radical (unpaired) electrons. The van der Waals surface area contributed by atoms with Gasteiger partial charge in [0.1, 0.15) is 5.75 Å². The first-order valence-electron chi connectivity index (χ1n) is 5.64. The van der Waals surface area contributed by atoms with Gasteiger partial charge in [-0.2, -0.15) is 8.42 Å². The average Bonchev–Trinajstić information content (AvgIpc) is 2.15. The van der Waals surface area contributed by atoms with Crippen LogP contribution in [0.2, 0.25) is 0 Å². The first kappa shape index (κ1) is 13.3. The third-order valence-corrected chi connectivity index (χ3v) is 4.29. The summed E-state index contributed by atoms with van der Waals surface area (Å²) in [7, 11) is -4.68. The summed E-state index contributed by atoms with van der Waals surface area (Å²) in [5.41, 5.74) is 0.396. The minimum atomic E-state index is -4.68. The summed E-state index contributed by atoms with van der Waals surface area (Å²) in [6.45, 7) is 3.49. The SMILES string of the molecule is CC(C)Oc1ccc(C2(S(=O)(=O)F)COC2)cc1. The highest BCUT2D eigenvalue weighted by Gasteiger charge is 2.52. The maximum Gasteiger partial charge on any atom is 0.316 e. The molecule has 1 aromatic carbocycles. The van der Waals surface area contributed by atoms with Crippen molar-refractivity contribution in [3.8, 4) is 5.75 Å². The van der Waals surface area contributed by atoms with Crippen LogP contribution < -0.4 is 4.74 Å². The molecule has 0 bridgehead atoms. The van der Waals surface area contributed by atoms with Crippen molar-refractivity contribution in [3.63, 3.8) is 0 Å². The molecule has 2 rings (SSSR count). The fraction of sp³-hybridized carbons (Fsp3) is 0.500. The smallest absolute Gasteiger partial charge is 0.316 e. The molecule has 1 aromatic rings. The Morgan fingerprint density at radius 1 is 1.28 bits per heavy atom. The Morgan fingerprint density at radius 2 is 1.83 bits per heavy atom. The van der Waals surface area contributed by atoms with E-state index in [-0.39, 0.29) is 19.3 Å². The van der Waals surface area contributed by atoms with Crippen LogP contribution in [0, 0.1) is 0 Å². The summed E-state index contributed by atoms with van der Waals surface area (Å²) >= 11 is 0. The molecule has 0 aliphatic carbocycles. The van der Waals surface area contributed by atoms with Crippen LogP contribution in [-0.2, 0) is 19.7 Å². The predicted molar refractivity (Wildman–Crippen MR) is 64.7 cm³/mol. The predicted octanol–water partition coefficient (Wildman–Crippen LogP) is 2.00. The van der Waals surface area contributed by atoms with Gasteiger partial charge >= 0.3 is 10.2 Å². The second-order valence-electron chi connectivity index (χ2n) is 4.62. The molecule has 0 spiro atoms. The molecule has 0 aromatic heterocycles. The highest BCUT2D eigenvalue weighted by Crippen LogP contribution is 2.39. The van der Waals surface area contributed by atoms with Crippen molar-refractivity contribution >= 4 is 10.2 Å². The third kappa shape index (κ3) is 2.22. The summed E-state index contributed by atoms with van der Waals surface area (Å²) in [6, 6.07) is 6.41. The molecule has 1 aliphatic heterocycles. The van der Waals surface area contributed by atoms with E-state index in [0.717, 1.165) is 0 Å². The van der Waals surface area contributed by atoms with Crippen molar-refractivity contribution in [2.45, 2.75) is 24.7 Å². The Kier molecular flexibility index (Phi) is 3.33. The molecule has 1 fully saturated rings. The molecule has 6 heteroatoms. The number of benzene rings is 1. The topological polar surface area (TPSA) is 52.6 Å². The van der Waals surface area contributed by atoms with Crippen molar-refractivity contribution in [3.05, 3.63) is 29.8 Å². The Balaban J connectivity index is 2.29. The van der Waals surface area contributed by atoms with Gasteiger partial charge in [-0.25, -0.2) is 0 Å². The van der Waals surface area contributed by atoms with Crippen LogP contribution in [0.15, 0.2) is 24.3 Å². The fourth-order valence-corrected chi connectivity index (χ4v) is 2.71. The fourth-order valence-electron chi connectivity index (χ4n) is 1.85. The number of halogens is 1. The van der Waals surface area contributed by atoms with Gasteiger partial charge in [0.15, 0.2) is 4.75 Å². The summed E-state index contributed by atoms with van der Waals surface area (Å²) in [5, 5.41) is 0. The Morgan fingerprint density at radius 3 is 2.17 bits per heavy atom. The van der Waals surface area contributed by atoms with Gasteiger partial charge in [-0.15, -0.1) is 3.89 Å². The molecule has 0 unspecified atom stereocenters. The van der Waals surface area contributed by atoms with Crippen LogP contribution in [0.25, 0.3) is 0 Å². The largest absolute Gasteiger partial charge is 0.491 e. The highest BCUT2D eigenvalue weighted by molar-refractivity contribution is 7.87. The van der Waals surface area contributed by atoms with Gasteiger partial charge in [-0.1, -0.05) is 12.1 Å². The van der Waals surface area contributed by atoms with E-state index in [4.69, 9.17) is 9.47 Å². The van der Waals surface area contributed by atoms with Crippen LogP contribution in [0.5, 0.6) is 5.75 Å². The minimum absolute atomic E-state index is 0.0294. The van der Waals surface area contributed by atoms with Crippen molar-refractivity contribution in [1.29, 1.82) is 0 Å². The van der Waals surface area contributed by atoms with Crippen LogP contribution >= 0.6 is 0 Å². The number of hydrogen-bond donors (Lipinski definition) is 0. The molecular formula is C12H15FO4S. The van der Waals surface area contributed by atoms with Gasteiger partial charge < -0.3 is 9.47 Å². The van der Waals surface area contributed by atoms with Crippen LogP contribution in [0.3, 0.4) is 0 Å². The second kappa shape index (κ2) is 4.51. The first-order valence-corrected chi connectivity index (χ1v) is 7.03. The number of hydrogen-bond acceptors (Lipinski definition) is 4. The Labute approximate surface area is 106 Å².